The first kappa shape index (κ1) is 13.5. The number of hydrogen-bond donors (Lipinski definition) is 0. The molecule has 0 aliphatic heterocycles. The van der Waals surface area contributed by atoms with Gasteiger partial charge in [-0.2, -0.15) is 0 Å². The fourth-order valence-corrected chi connectivity index (χ4v) is 1.51. The number of benzene rings is 1. The van der Waals surface area contributed by atoms with Gasteiger partial charge >= 0.3 is 5.97 Å². The lowest BCUT2D eigenvalue weighted by molar-refractivity contribution is -0.141. The number of ketones is 1. The second-order valence-corrected chi connectivity index (χ2v) is 3.66. The molecule has 92 valence electrons. The van der Waals surface area contributed by atoms with Crippen molar-refractivity contribution >= 4 is 23.4 Å². The quantitative estimate of drug-likeness (QED) is 0.461. The van der Waals surface area contributed by atoms with Crippen LogP contribution in [-0.2, 0) is 9.53 Å². The summed E-state index contributed by atoms with van der Waals surface area (Å²) in [5.41, 5.74) is 0.263. The molecular formula is C12H13ClO4. The molecule has 4 nitrogen and oxygen atoms in total. The largest absolute Gasteiger partial charge is 0.497 e. The molecular weight excluding hydrogens is 244 g/mol. The molecule has 0 aliphatic rings. The van der Waals surface area contributed by atoms with Gasteiger partial charge in [0.05, 0.1) is 18.7 Å². The minimum absolute atomic E-state index is 0.248. The summed E-state index contributed by atoms with van der Waals surface area (Å²) in [5, 5.41) is 0.292. The van der Waals surface area contributed by atoms with Crippen molar-refractivity contribution in [3.05, 3.63) is 28.8 Å². The van der Waals surface area contributed by atoms with Crippen molar-refractivity contribution in [2.24, 2.45) is 0 Å². The van der Waals surface area contributed by atoms with Crippen LogP contribution in [0.25, 0.3) is 0 Å². The summed E-state index contributed by atoms with van der Waals surface area (Å²) in [5.74, 6) is -0.426. The zero-order chi connectivity index (χ0) is 12.8. The second kappa shape index (κ2) is 6.25. The molecule has 0 amide bonds. The van der Waals surface area contributed by atoms with Gasteiger partial charge in [-0.1, -0.05) is 11.6 Å². The Hall–Kier alpha value is -1.55. The number of Topliss-reactive ketones (excluding diaryl/α,β-unsaturated/α-hetero) is 1. The lowest BCUT2D eigenvalue weighted by Crippen LogP contribution is -2.11. The molecule has 0 bridgehead atoms. The Kier molecular flexibility index (Phi) is 4.97. The first-order chi connectivity index (χ1) is 8.08. The van der Waals surface area contributed by atoms with Gasteiger partial charge in [0.15, 0.2) is 5.78 Å². The van der Waals surface area contributed by atoms with E-state index in [1.54, 1.807) is 19.1 Å². The molecule has 0 spiro atoms. The Balaban J connectivity index is 2.84. The van der Waals surface area contributed by atoms with Crippen LogP contribution < -0.4 is 4.74 Å². The van der Waals surface area contributed by atoms with Crippen LogP contribution in [0.1, 0.15) is 23.7 Å². The van der Waals surface area contributed by atoms with Gasteiger partial charge in [0.2, 0.25) is 0 Å². The fourth-order valence-electron chi connectivity index (χ4n) is 1.28. The van der Waals surface area contributed by atoms with Crippen molar-refractivity contribution in [1.82, 2.24) is 0 Å². The van der Waals surface area contributed by atoms with Crippen LogP contribution in [0, 0.1) is 0 Å². The maximum Gasteiger partial charge on any atom is 0.313 e. The van der Waals surface area contributed by atoms with Crippen LogP contribution in [0.15, 0.2) is 18.2 Å². The summed E-state index contributed by atoms with van der Waals surface area (Å²) in [6.07, 6.45) is -0.319. The SMILES string of the molecule is CCOC(=O)CC(=O)c1cc(OC)ccc1Cl. The first-order valence-corrected chi connectivity index (χ1v) is 5.48. The molecule has 0 radical (unpaired) electrons. The third-order valence-corrected chi connectivity index (χ3v) is 2.41. The molecule has 0 saturated heterocycles. The molecule has 0 fully saturated rings. The number of methoxy groups -OCH3 is 1. The number of carbonyl (C=O) groups is 2. The maximum atomic E-state index is 11.8. The van der Waals surface area contributed by atoms with Crippen LogP contribution in [-0.4, -0.2) is 25.5 Å². The van der Waals surface area contributed by atoms with Gasteiger partial charge in [-0.15, -0.1) is 0 Å². The minimum atomic E-state index is -0.559. The van der Waals surface area contributed by atoms with E-state index >= 15 is 0 Å². The topological polar surface area (TPSA) is 52.6 Å². The zero-order valence-electron chi connectivity index (χ0n) is 9.66. The van der Waals surface area contributed by atoms with Gasteiger partial charge in [0.1, 0.15) is 12.2 Å². The number of hydrogen-bond acceptors (Lipinski definition) is 4. The third kappa shape index (κ3) is 3.75. The lowest BCUT2D eigenvalue weighted by atomic mass is 10.1. The summed E-state index contributed by atoms with van der Waals surface area (Å²) in [7, 11) is 1.49. The molecule has 5 heteroatoms. The van der Waals surface area contributed by atoms with Crippen LogP contribution >= 0.6 is 11.6 Å². The Morgan fingerprint density at radius 1 is 1.35 bits per heavy atom. The minimum Gasteiger partial charge on any atom is -0.497 e. The molecule has 1 aromatic rings. The fraction of sp³-hybridized carbons (Fsp3) is 0.333. The van der Waals surface area contributed by atoms with Gasteiger partial charge in [0, 0.05) is 5.56 Å². The number of rotatable bonds is 5. The van der Waals surface area contributed by atoms with Gasteiger partial charge in [-0.3, -0.25) is 9.59 Å². The molecule has 0 aromatic heterocycles. The normalized spacial score (nSPS) is 9.82. The predicted octanol–water partition coefficient (Wildman–Crippen LogP) is 2.48. The zero-order valence-corrected chi connectivity index (χ0v) is 10.4. The highest BCUT2D eigenvalue weighted by molar-refractivity contribution is 6.34. The van der Waals surface area contributed by atoms with Gasteiger partial charge < -0.3 is 9.47 Å². The van der Waals surface area contributed by atoms with Crippen molar-refractivity contribution in [1.29, 1.82) is 0 Å². The summed E-state index contributed by atoms with van der Waals surface area (Å²) in [4.78, 5) is 23.0. The summed E-state index contributed by atoms with van der Waals surface area (Å²) in [6.45, 7) is 1.93. The van der Waals surface area contributed by atoms with Crippen molar-refractivity contribution < 1.29 is 19.1 Å². The van der Waals surface area contributed by atoms with Crippen molar-refractivity contribution in [3.8, 4) is 5.75 Å². The Bertz CT molecular complexity index is 429. The van der Waals surface area contributed by atoms with E-state index in [1.807, 2.05) is 0 Å². The first-order valence-electron chi connectivity index (χ1n) is 5.10. The molecule has 0 unspecified atom stereocenters. The summed E-state index contributed by atoms with van der Waals surface area (Å²) < 4.78 is 9.68. The van der Waals surface area contributed by atoms with Crippen LogP contribution in [0.4, 0.5) is 0 Å². The van der Waals surface area contributed by atoms with E-state index in [4.69, 9.17) is 21.1 Å². The van der Waals surface area contributed by atoms with Crippen LogP contribution in [0.5, 0.6) is 5.75 Å². The molecule has 0 heterocycles. The van der Waals surface area contributed by atoms with Crippen molar-refractivity contribution in [2.45, 2.75) is 13.3 Å². The molecule has 1 aromatic carbocycles. The third-order valence-electron chi connectivity index (χ3n) is 2.08. The molecule has 0 aliphatic carbocycles. The van der Waals surface area contributed by atoms with Crippen LogP contribution in [0.3, 0.4) is 0 Å². The monoisotopic (exact) mass is 256 g/mol. The number of esters is 1. The van der Waals surface area contributed by atoms with Crippen molar-refractivity contribution in [2.75, 3.05) is 13.7 Å². The van der Waals surface area contributed by atoms with E-state index < -0.39 is 5.97 Å². The van der Waals surface area contributed by atoms with E-state index in [0.717, 1.165) is 0 Å². The van der Waals surface area contributed by atoms with Gasteiger partial charge in [-0.05, 0) is 25.1 Å². The molecule has 0 N–H and O–H groups in total. The molecule has 1 rings (SSSR count). The maximum absolute atomic E-state index is 11.8. The molecule has 17 heavy (non-hydrogen) atoms. The Morgan fingerprint density at radius 3 is 2.65 bits per heavy atom. The Labute approximate surface area is 104 Å². The highest BCUT2D eigenvalue weighted by atomic mass is 35.5. The second-order valence-electron chi connectivity index (χ2n) is 3.25. The summed E-state index contributed by atoms with van der Waals surface area (Å²) in [6, 6.07) is 4.70. The average Bonchev–Trinajstić information content (AvgIpc) is 2.29. The van der Waals surface area contributed by atoms with E-state index in [2.05, 4.69) is 0 Å². The van der Waals surface area contributed by atoms with Crippen molar-refractivity contribution in [3.63, 3.8) is 0 Å². The molecule has 0 atom stereocenters. The highest BCUT2D eigenvalue weighted by Crippen LogP contribution is 2.23. The van der Waals surface area contributed by atoms with E-state index in [9.17, 15) is 9.59 Å². The van der Waals surface area contributed by atoms with E-state index in [1.165, 1.54) is 13.2 Å². The smallest absolute Gasteiger partial charge is 0.313 e. The highest BCUT2D eigenvalue weighted by Gasteiger charge is 2.16. The number of carbonyl (C=O) groups excluding carboxylic acids is 2. The van der Waals surface area contributed by atoms with Gasteiger partial charge in [-0.25, -0.2) is 0 Å². The van der Waals surface area contributed by atoms with Crippen LogP contribution in [0.2, 0.25) is 5.02 Å². The number of ether oxygens (including phenoxy) is 2. The van der Waals surface area contributed by atoms with E-state index in [0.29, 0.717) is 10.8 Å². The van der Waals surface area contributed by atoms with E-state index in [-0.39, 0.29) is 24.4 Å². The molecule has 0 saturated carbocycles. The average molecular weight is 257 g/mol. The Morgan fingerprint density at radius 2 is 2.06 bits per heavy atom. The van der Waals surface area contributed by atoms with Gasteiger partial charge in [0.25, 0.3) is 0 Å². The predicted molar refractivity (Wildman–Crippen MR) is 63.6 cm³/mol. The number of halogens is 1. The lowest BCUT2D eigenvalue weighted by Gasteiger charge is -2.06. The standard InChI is InChI=1S/C12H13ClO4/c1-3-17-12(15)7-11(14)9-6-8(16-2)4-5-10(9)13/h4-6H,3,7H2,1-2H3. The summed E-state index contributed by atoms with van der Waals surface area (Å²) >= 11 is 5.88.